The van der Waals surface area contributed by atoms with Crippen LogP contribution in [0, 0.1) is 0 Å². The summed E-state index contributed by atoms with van der Waals surface area (Å²) in [7, 11) is 0. The number of para-hydroxylation sites is 1. The molecule has 0 aliphatic rings. The van der Waals surface area contributed by atoms with E-state index in [1.54, 1.807) is 12.1 Å². The zero-order valence-corrected chi connectivity index (χ0v) is 11.4. The molecule has 0 spiro atoms. The summed E-state index contributed by atoms with van der Waals surface area (Å²) < 4.78 is 10.9. The number of nitrogens with zero attached hydrogens (tertiary/aromatic N) is 3. The van der Waals surface area contributed by atoms with Crippen LogP contribution in [0.3, 0.4) is 0 Å². The van der Waals surface area contributed by atoms with E-state index >= 15 is 0 Å². The predicted octanol–water partition coefficient (Wildman–Crippen LogP) is 2.92. The monoisotopic (exact) mass is 290 g/mol. The van der Waals surface area contributed by atoms with Crippen LogP contribution in [0.1, 0.15) is 6.92 Å². The summed E-state index contributed by atoms with van der Waals surface area (Å²) in [6, 6.07) is 7.46. The second-order valence-electron chi connectivity index (χ2n) is 4.00. The van der Waals surface area contributed by atoms with Gasteiger partial charge in [-0.05, 0) is 19.1 Å². The molecule has 0 aliphatic carbocycles. The molecule has 1 aromatic carbocycles. The molecule has 0 fully saturated rings. The molecule has 2 N–H and O–H groups in total. The van der Waals surface area contributed by atoms with Crippen LogP contribution in [0.5, 0.6) is 6.01 Å². The van der Waals surface area contributed by atoms with Crippen molar-refractivity contribution >= 4 is 28.5 Å². The highest BCUT2D eigenvalue weighted by Gasteiger charge is 2.13. The van der Waals surface area contributed by atoms with Crippen molar-refractivity contribution in [1.82, 2.24) is 15.0 Å². The van der Waals surface area contributed by atoms with Crippen molar-refractivity contribution < 1.29 is 9.15 Å². The fraction of sp³-hybridized carbons (Fsp3) is 0.154. The van der Waals surface area contributed by atoms with Crippen molar-refractivity contribution in [3.8, 4) is 17.6 Å². The topological polar surface area (TPSA) is 87.1 Å². The highest BCUT2D eigenvalue weighted by Crippen LogP contribution is 2.31. The summed E-state index contributed by atoms with van der Waals surface area (Å²) in [5.41, 5.74) is 6.23. The summed E-state index contributed by atoms with van der Waals surface area (Å²) in [6.07, 6.45) is 0. The maximum atomic E-state index is 6.07. The zero-order chi connectivity index (χ0) is 14.1. The SMILES string of the molecule is CCOc1nc(N)nc(-c2cc3cccc(Cl)c3o2)n1. The first-order valence-corrected chi connectivity index (χ1v) is 6.38. The Morgan fingerprint density at radius 3 is 2.90 bits per heavy atom. The van der Waals surface area contributed by atoms with Gasteiger partial charge in [-0.1, -0.05) is 23.7 Å². The Morgan fingerprint density at radius 2 is 2.15 bits per heavy atom. The third-order valence-corrected chi connectivity index (χ3v) is 2.92. The third-order valence-electron chi connectivity index (χ3n) is 2.62. The molecule has 0 saturated heterocycles. The maximum Gasteiger partial charge on any atom is 0.321 e. The van der Waals surface area contributed by atoms with Crippen LogP contribution in [0.25, 0.3) is 22.6 Å². The summed E-state index contributed by atoms with van der Waals surface area (Å²) in [4.78, 5) is 12.1. The van der Waals surface area contributed by atoms with Crippen molar-refractivity contribution in [2.75, 3.05) is 12.3 Å². The number of fused-ring (bicyclic) bond motifs is 1. The highest BCUT2D eigenvalue weighted by atomic mass is 35.5. The van der Waals surface area contributed by atoms with Gasteiger partial charge in [0, 0.05) is 5.39 Å². The van der Waals surface area contributed by atoms with Gasteiger partial charge in [0.05, 0.1) is 11.6 Å². The first kappa shape index (κ1) is 12.7. The molecule has 0 unspecified atom stereocenters. The maximum absolute atomic E-state index is 6.07. The number of benzene rings is 1. The number of ether oxygens (including phenoxy) is 1. The molecule has 0 saturated carbocycles. The summed E-state index contributed by atoms with van der Waals surface area (Å²) >= 11 is 6.07. The molecule has 3 rings (SSSR count). The van der Waals surface area contributed by atoms with Gasteiger partial charge in [0.1, 0.15) is 0 Å². The lowest BCUT2D eigenvalue weighted by molar-refractivity contribution is 0.312. The van der Waals surface area contributed by atoms with Gasteiger partial charge in [-0.15, -0.1) is 0 Å². The zero-order valence-electron chi connectivity index (χ0n) is 10.6. The Morgan fingerprint density at radius 1 is 1.30 bits per heavy atom. The van der Waals surface area contributed by atoms with Gasteiger partial charge in [0.25, 0.3) is 0 Å². The van der Waals surface area contributed by atoms with Crippen LogP contribution in [0.2, 0.25) is 5.02 Å². The lowest BCUT2D eigenvalue weighted by Crippen LogP contribution is -2.04. The number of nitrogens with two attached hydrogens (primary N) is 1. The first-order chi connectivity index (χ1) is 9.67. The smallest absolute Gasteiger partial charge is 0.321 e. The summed E-state index contributed by atoms with van der Waals surface area (Å²) in [5, 5.41) is 1.39. The summed E-state index contributed by atoms with van der Waals surface area (Å²) in [6.45, 7) is 2.27. The Bertz CT molecular complexity index is 772. The van der Waals surface area contributed by atoms with Gasteiger partial charge >= 0.3 is 6.01 Å². The normalized spacial score (nSPS) is 10.9. The average molecular weight is 291 g/mol. The minimum Gasteiger partial charge on any atom is -0.464 e. The van der Waals surface area contributed by atoms with E-state index in [2.05, 4.69) is 15.0 Å². The lowest BCUT2D eigenvalue weighted by Gasteiger charge is -2.02. The highest BCUT2D eigenvalue weighted by molar-refractivity contribution is 6.34. The molecular formula is C13H11ClN4O2. The fourth-order valence-corrected chi connectivity index (χ4v) is 2.03. The number of hydrogen-bond donors (Lipinski definition) is 1. The van der Waals surface area contributed by atoms with Crippen molar-refractivity contribution in [3.05, 3.63) is 29.3 Å². The van der Waals surface area contributed by atoms with Gasteiger partial charge in [-0.25, -0.2) is 0 Å². The van der Waals surface area contributed by atoms with Crippen LogP contribution in [-0.2, 0) is 0 Å². The van der Waals surface area contributed by atoms with E-state index in [0.717, 1.165) is 5.39 Å². The number of hydrogen-bond acceptors (Lipinski definition) is 6. The molecule has 2 heterocycles. The number of halogens is 1. The molecule has 20 heavy (non-hydrogen) atoms. The average Bonchev–Trinajstić information content (AvgIpc) is 2.84. The van der Waals surface area contributed by atoms with Gasteiger partial charge in [-0.2, -0.15) is 15.0 Å². The van der Waals surface area contributed by atoms with E-state index in [0.29, 0.717) is 28.8 Å². The molecular weight excluding hydrogens is 280 g/mol. The minimum absolute atomic E-state index is 0.0741. The largest absolute Gasteiger partial charge is 0.464 e. The molecule has 0 amide bonds. The van der Waals surface area contributed by atoms with Crippen LogP contribution in [0.4, 0.5) is 5.95 Å². The van der Waals surface area contributed by atoms with Crippen molar-refractivity contribution in [2.24, 2.45) is 0 Å². The van der Waals surface area contributed by atoms with Crippen molar-refractivity contribution in [1.29, 1.82) is 0 Å². The number of aromatic nitrogens is 3. The van der Waals surface area contributed by atoms with Gasteiger partial charge < -0.3 is 14.9 Å². The second-order valence-corrected chi connectivity index (χ2v) is 4.41. The van der Waals surface area contributed by atoms with E-state index in [1.807, 2.05) is 19.1 Å². The Kier molecular flexibility index (Phi) is 3.15. The van der Waals surface area contributed by atoms with Crippen LogP contribution in [-0.4, -0.2) is 21.6 Å². The Hall–Kier alpha value is -2.34. The molecule has 7 heteroatoms. The van der Waals surface area contributed by atoms with Gasteiger partial charge in [0.2, 0.25) is 11.8 Å². The predicted molar refractivity (Wildman–Crippen MR) is 75.6 cm³/mol. The lowest BCUT2D eigenvalue weighted by atomic mass is 10.2. The van der Waals surface area contributed by atoms with Crippen molar-refractivity contribution in [2.45, 2.75) is 6.92 Å². The molecule has 102 valence electrons. The van der Waals surface area contributed by atoms with E-state index in [9.17, 15) is 0 Å². The fourth-order valence-electron chi connectivity index (χ4n) is 1.81. The molecule has 3 aromatic rings. The van der Waals surface area contributed by atoms with Crippen molar-refractivity contribution in [3.63, 3.8) is 0 Å². The van der Waals surface area contributed by atoms with Crippen LogP contribution < -0.4 is 10.5 Å². The third kappa shape index (κ3) is 2.25. The number of nitrogen functional groups attached to an aromatic ring is 1. The Labute approximate surface area is 119 Å². The van der Waals surface area contributed by atoms with E-state index in [-0.39, 0.29) is 12.0 Å². The molecule has 2 aromatic heterocycles. The molecule has 6 nitrogen and oxygen atoms in total. The molecule has 0 radical (unpaired) electrons. The molecule has 0 aliphatic heterocycles. The van der Waals surface area contributed by atoms with Crippen LogP contribution in [0.15, 0.2) is 28.7 Å². The number of furan rings is 1. The standard InChI is InChI=1S/C13H11ClN4O2/c1-2-19-13-17-11(16-12(15)18-13)9-6-7-4-3-5-8(14)10(7)20-9/h3-6H,2H2,1H3,(H2,15,16,17,18). The number of anilines is 1. The van der Waals surface area contributed by atoms with E-state index in [1.165, 1.54) is 0 Å². The number of rotatable bonds is 3. The first-order valence-electron chi connectivity index (χ1n) is 6.00. The van der Waals surface area contributed by atoms with E-state index in [4.69, 9.17) is 26.5 Å². The molecule has 0 bridgehead atoms. The Balaban J connectivity index is 2.12. The quantitative estimate of drug-likeness (QED) is 0.798. The molecule has 0 atom stereocenters. The second kappa shape index (κ2) is 4.97. The van der Waals surface area contributed by atoms with Crippen LogP contribution >= 0.6 is 11.6 Å². The van der Waals surface area contributed by atoms with E-state index < -0.39 is 0 Å². The van der Waals surface area contributed by atoms with Gasteiger partial charge in [0.15, 0.2) is 11.3 Å². The summed E-state index contributed by atoms with van der Waals surface area (Å²) in [5.74, 6) is 0.848. The minimum atomic E-state index is 0.0741. The van der Waals surface area contributed by atoms with Gasteiger partial charge in [-0.3, -0.25) is 0 Å².